The highest BCUT2D eigenvalue weighted by molar-refractivity contribution is 7.99. The fourth-order valence-corrected chi connectivity index (χ4v) is 6.76. The smallest absolute Gasteiger partial charge is 0.261 e. The number of thioether (sulfide) groups is 1. The Morgan fingerprint density at radius 3 is 2.46 bits per heavy atom. The molecule has 206 valence electrons. The van der Waals surface area contributed by atoms with Gasteiger partial charge in [-0.2, -0.15) is 5.10 Å². The monoisotopic (exact) mass is 598 g/mol. The van der Waals surface area contributed by atoms with E-state index >= 15 is 0 Å². The Kier molecular flexibility index (Phi) is 8.08. The van der Waals surface area contributed by atoms with Gasteiger partial charge in [-0.1, -0.05) is 71.9 Å². The number of amides is 2. The van der Waals surface area contributed by atoms with Gasteiger partial charge in [-0.15, -0.1) is 32.9 Å². The quantitative estimate of drug-likeness (QED) is 0.207. The number of aromatic nitrogens is 3. The zero-order chi connectivity index (χ0) is 28.2. The maximum Gasteiger partial charge on any atom is 0.261 e. The van der Waals surface area contributed by atoms with Gasteiger partial charge in [-0.25, -0.2) is 5.01 Å². The molecule has 1 aliphatic heterocycles. The van der Waals surface area contributed by atoms with E-state index in [0.717, 1.165) is 21.8 Å². The second-order valence-corrected chi connectivity index (χ2v) is 12.2. The van der Waals surface area contributed by atoms with Crippen molar-refractivity contribution in [3.63, 3.8) is 0 Å². The van der Waals surface area contributed by atoms with Gasteiger partial charge in [0.25, 0.3) is 11.8 Å². The lowest BCUT2D eigenvalue weighted by Gasteiger charge is -2.22. The Hall–Kier alpha value is -4.06. The van der Waals surface area contributed by atoms with Crippen molar-refractivity contribution in [1.82, 2.24) is 25.1 Å². The fourth-order valence-electron chi connectivity index (χ4n) is 4.57. The zero-order valence-electron chi connectivity index (χ0n) is 22.1. The van der Waals surface area contributed by atoms with Crippen LogP contribution in [-0.2, 0) is 11.3 Å². The number of para-hydroxylation sites is 1. The number of aryl methyl sites for hydroxylation is 1. The van der Waals surface area contributed by atoms with Crippen molar-refractivity contribution in [2.24, 2.45) is 5.10 Å². The molecule has 0 bridgehead atoms. The summed E-state index contributed by atoms with van der Waals surface area (Å²) in [6.45, 7) is 2.25. The summed E-state index contributed by atoms with van der Waals surface area (Å²) in [7, 11) is 0. The Bertz CT molecular complexity index is 1660. The highest BCUT2D eigenvalue weighted by Crippen LogP contribution is 2.35. The molecule has 0 spiro atoms. The number of rotatable bonds is 9. The first-order chi connectivity index (χ1) is 20.1. The minimum Gasteiger partial charge on any atom is -0.344 e. The van der Waals surface area contributed by atoms with E-state index in [0.29, 0.717) is 22.3 Å². The van der Waals surface area contributed by atoms with Crippen molar-refractivity contribution >= 4 is 52.0 Å². The van der Waals surface area contributed by atoms with Crippen LogP contribution in [-0.4, -0.2) is 43.1 Å². The maximum absolute atomic E-state index is 13.7. The van der Waals surface area contributed by atoms with E-state index in [1.807, 2.05) is 63.9 Å². The number of hydrogen-bond donors (Lipinski definition) is 1. The molecule has 1 aliphatic rings. The third-order valence-corrected chi connectivity index (χ3v) is 9.33. The van der Waals surface area contributed by atoms with Crippen LogP contribution >= 0.6 is 34.4 Å². The van der Waals surface area contributed by atoms with E-state index in [4.69, 9.17) is 5.10 Å². The first-order valence-electron chi connectivity index (χ1n) is 13.0. The summed E-state index contributed by atoms with van der Waals surface area (Å²) in [6, 6.07) is 25.5. The number of carbonyl (C=O) groups is 2. The molecule has 1 unspecified atom stereocenters. The molecule has 41 heavy (non-hydrogen) atoms. The van der Waals surface area contributed by atoms with Crippen LogP contribution in [0, 0.1) is 6.92 Å². The molecule has 8 nitrogen and oxygen atoms in total. The average molecular weight is 599 g/mol. The zero-order valence-corrected chi connectivity index (χ0v) is 24.6. The topological polar surface area (TPSA) is 92.5 Å². The van der Waals surface area contributed by atoms with Crippen molar-refractivity contribution in [2.75, 3.05) is 5.75 Å². The third kappa shape index (κ3) is 6.02. The lowest BCUT2D eigenvalue weighted by molar-refractivity contribution is -0.130. The summed E-state index contributed by atoms with van der Waals surface area (Å²) >= 11 is 4.32. The molecular weight excluding hydrogens is 573 g/mol. The summed E-state index contributed by atoms with van der Waals surface area (Å²) < 4.78 is 1.88. The predicted molar refractivity (Wildman–Crippen MR) is 164 cm³/mol. The summed E-state index contributed by atoms with van der Waals surface area (Å²) in [6.07, 6.45) is 0.661. The van der Waals surface area contributed by atoms with Gasteiger partial charge in [0, 0.05) is 12.1 Å². The molecule has 0 saturated carbocycles. The lowest BCUT2D eigenvalue weighted by Crippen LogP contribution is -2.28. The van der Waals surface area contributed by atoms with Crippen molar-refractivity contribution < 1.29 is 9.59 Å². The van der Waals surface area contributed by atoms with Crippen LogP contribution in [0.5, 0.6) is 0 Å². The van der Waals surface area contributed by atoms with E-state index < -0.39 is 0 Å². The lowest BCUT2D eigenvalue weighted by atomic mass is 10.00. The van der Waals surface area contributed by atoms with E-state index in [1.54, 1.807) is 22.4 Å². The number of carbonyl (C=O) groups excluding carboxylic acids is 2. The molecule has 0 fully saturated rings. The molecule has 11 heteroatoms. The molecule has 0 aliphatic carbocycles. The largest absolute Gasteiger partial charge is 0.344 e. The Morgan fingerprint density at radius 2 is 1.73 bits per heavy atom. The number of hydrogen-bond acceptors (Lipinski definition) is 8. The molecule has 5 aromatic rings. The minimum atomic E-state index is -0.171. The summed E-state index contributed by atoms with van der Waals surface area (Å²) in [5.41, 5.74) is 3.99. The Morgan fingerprint density at radius 1 is 0.951 bits per heavy atom. The highest BCUT2D eigenvalue weighted by atomic mass is 32.2. The highest BCUT2D eigenvalue weighted by Gasteiger charge is 2.33. The Balaban J connectivity index is 1.23. The second kappa shape index (κ2) is 12.2. The number of hydrazone groups is 1. The van der Waals surface area contributed by atoms with Gasteiger partial charge >= 0.3 is 0 Å². The normalized spacial score (nSPS) is 14.7. The van der Waals surface area contributed by atoms with Crippen LogP contribution in [0.1, 0.15) is 44.0 Å². The number of nitrogens with zero attached hydrogens (tertiary/aromatic N) is 5. The number of nitrogens with one attached hydrogen (secondary N) is 1. The SMILES string of the molecule is Cc1ccc(C2CC(c3cccs3)=NN2C(=O)CSc2nnc(CNC(=O)c3cccs3)n2-c2ccccc2)cc1. The van der Waals surface area contributed by atoms with E-state index in [1.165, 1.54) is 28.7 Å². The van der Waals surface area contributed by atoms with Gasteiger partial charge in [0.1, 0.15) is 0 Å². The van der Waals surface area contributed by atoms with Gasteiger partial charge in [0.15, 0.2) is 11.0 Å². The van der Waals surface area contributed by atoms with E-state index in [9.17, 15) is 9.59 Å². The van der Waals surface area contributed by atoms with Crippen LogP contribution in [0.15, 0.2) is 99.9 Å². The first kappa shape index (κ1) is 27.1. The average Bonchev–Trinajstić information content (AvgIpc) is 3.82. The molecule has 2 amide bonds. The van der Waals surface area contributed by atoms with Gasteiger partial charge in [-0.05, 0) is 47.5 Å². The molecule has 3 aromatic heterocycles. The summed E-state index contributed by atoms with van der Waals surface area (Å²) in [4.78, 5) is 27.9. The minimum absolute atomic E-state index is 0.109. The fraction of sp³-hybridized carbons (Fsp3) is 0.167. The number of benzene rings is 2. The second-order valence-electron chi connectivity index (χ2n) is 9.41. The standard InChI is InChI=1S/C30H26N6O2S3/c1-20-11-13-21(14-12-20)24-17-23(25-9-5-15-39-25)34-36(24)28(37)19-41-30-33-32-27(35(30)22-7-3-2-4-8-22)18-31-29(38)26-10-6-16-40-26/h2-16,24H,17-19H2,1H3,(H,31,38). The Labute approximate surface area is 249 Å². The third-order valence-electron chi connectivity index (χ3n) is 6.63. The first-order valence-corrected chi connectivity index (χ1v) is 15.8. The van der Waals surface area contributed by atoms with Crippen LogP contribution in [0.25, 0.3) is 5.69 Å². The molecule has 4 heterocycles. The van der Waals surface area contributed by atoms with Crippen LogP contribution < -0.4 is 5.32 Å². The van der Waals surface area contributed by atoms with Crippen molar-refractivity contribution in [1.29, 1.82) is 0 Å². The molecule has 2 aromatic carbocycles. The molecule has 1 atom stereocenters. The van der Waals surface area contributed by atoms with Gasteiger partial charge < -0.3 is 5.32 Å². The van der Waals surface area contributed by atoms with Crippen LogP contribution in [0.3, 0.4) is 0 Å². The van der Waals surface area contributed by atoms with E-state index in [2.05, 4.69) is 46.7 Å². The van der Waals surface area contributed by atoms with Crippen molar-refractivity contribution in [2.45, 2.75) is 31.1 Å². The molecule has 6 rings (SSSR count). The predicted octanol–water partition coefficient (Wildman–Crippen LogP) is 6.10. The summed E-state index contributed by atoms with van der Waals surface area (Å²) in [5.74, 6) is 0.438. The van der Waals surface area contributed by atoms with Gasteiger partial charge in [0.05, 0.1) is 33.8 Å². The van der Waals surface area contributed by atoms with Crippen LogP contribution in [0.2, 0.25) is 0 Å². The maximum atomic E-state index is 13.7. The molecule has 0 saturated heterocycles. The van der Waals surface area contributed by atoms with Crippen molar-refractivity contribution in [3.05, 3.63) is 116 Å². The molecule has 0 radical (unpaired) electrons. The molecule has 1 N–H and O–H groups in total. The van der Waals surface area contributed by atoms with E-state index in [-0.39, 0.29) is 30.2 Å². The number of thiophene rings is 2. The van der Waals surface area contributed by atoms with Crippen molar-refractivity contribution in [3.8, 4) is 5.69 Å². The van der Waals surface area contributed by atoms with Gasteiger partial charge in [-0.3, -0.25) is 14.2 Å². The molecular formula is C30H26N6O2S3. The van der Waals surface area contributed by atoms with Crippen LogP contribution in [0.4, 0.5) is 0 Å². The summed E-state index contributed by atoms with van der Waals surface area (Å²) in [5, 5.41) is 22.6. The van der Waals surface area contributed by atoms with Gasteiger partial charge in [0.2, 0.25) is 0 Å².